The summed E-state index contributed by atoms with van der Waals surface area (Å²) in [6.45, 7) is 11.7. The minimum atomic E-state index is -0.0976. The predicted octanol–water partition coefficient (Wildman–Crippen LogP) is 2.70. The molecule has 0 saturated carbocycles. The number of aryl methyl sites for hydroxylation is 2. The molecule has 0 unspecified atom stereocenters. The van der Waals surface area contributed by atoms with Crippen LogP contribution in [0.25, 0.3) is 0 Å². The molecular weight excluding hydrogens is 344 g/mol. The van der Waals surface area contributed by atoms with Gasteiger partial charge in [0.2, 0.25) is 0 Å². The molecule has 3 rings (SSSR count). The molecule has 1 amide bonds. The van der Waals surface area contributed by atoms with E-state index in [-0.39, 0.29) is 16.9 Å². The Morgan fingerprint density at radius 3 is 2.44 bits per heavy atom. The van der Waals surface area contributed by atoms with Gasteiger partial charge in [0.25, 0.3) is 11.5 Å². The first-order valence-corrected chi connectivity index (χ1v) is 9.47. The van der Waals surface area contributed by atoms with Crippen molar-refractivity contribution >= 4 is 5.91 Å². The maximum Gasteiger partial charge on any atom is 0.266 e. The predicted molar refractivity (Wildman–Crippen MR) is 102 cm³/mol. The highest BCUT2D eigenvalue weighted by Gasteiger charge is 2.28. The Bertz CT molecular complexity index is 864. The van der Waals surface area contributed by atoms with Crippen molar-refractivity contribution in [2.45, 2.75) is 59.4 Å². The fraction of sp³-hybridized carbons (Fsp3) is 0.600. The van der Waals surface area contributed by atoms with E-state index in [0.717, 1.165) is 18.5 Å². The normalized spacial score (nSPS) is 16.0. The van der Waals surface area contributed by atoms with Gasteiger partial charge in [-0.1, -0.05) is 25.9 Å². The first-order chi connectivity index (χ1) is 12.7. The number of piperidine rings is 1. The standard InChI is InChI=1S/C20H28N4O3/c1-13-18(14(2)27-22-13)19(26)23-10-8-15(9-11-23)12-24-17(25)7-6-16(21-24)20(3,4)5/h6-7,15H,8-12H2,1-5H3. The molecule has 27 heavy (non-hydrogen) atoms. The molecule has 2 aromatic rings. The summed E-state index contributed by atoms with van der Waals surface area (Å²) in [6.07, 6.45) is 1.70. The second kappa shape index (κ2) is 7.29. The third-order valence-electron chi connectivity index (χ3n) is 5.22. The molecule has 1 saturated heterocycles. The largest absolute Gasteiger partial charge is 0.361 e. The van der Waals surface area contributed by atoms with Crippen LogP contribution >= 0.6 is 0 Å². The lowest BCUT2D eigenvalue weighted by atomic mass is 9.92. The van der Waals surface area contributed by atoms with Crippen LogP contribution in [0.3, 0.4) is 0 Å². The first-order valence-electron chi connectivity index (χ1n) is 9.47. The van der Waals surface area contributed by atoms with Gasteiger partial charge in [0.05, 0.1) is 11.4 Å². The van der Waals surface area contributed by atoms with Crippen molar-refractivity contribution in [2.24, 2.45) is 5.92 Å². The summed E-state index contributed by atoms with van der Waals surface area (Å²) in [5.41, 5.74) is 1.95. The molecule has 0 radical (unpaired) electrons. The van der Waals surface area contributed by atoms with Crippen LogP contribution < -0.4 is 5.56 Å². The fourth-order valence-electron chi connectivity index (χ4n) is 3.49. The Morgan fingerprint density at radius 1 is 1.22 bits per heavy atom. The van der Waals surface area contributed by atoms with Crippen LogP contribution in [0.4, 0.5) is 0 Å². The van der Waals surface area contributed by atoms with Crippen molar-refractivity contribution in [3.05, 3.63) is 45.2 Å². The quantitative estimate of drug-likeness (QED) is 0.827. The zero-order valence-corrected chi connectivity index (χ0v) is 16.8. The van der Waals surface area contributed by atoms with Crippen LogP contribution in [-0.2, 0) is 12.0 Å². The molecule has 1 aliphatic heterocycles. The van der Waals surface area contributed by atoms with Gasteiger partial charge in [-0.3, -0.25) is 9.59 Å². The van der Waals surface area contributed by atoms with E-state index >= 15 is 0 Å². The molecule has 7 heteroatoms. The number of carbonyl (C=O) groups excluding carboxylic acids is 1. The summed E-state index contributed by atoms with van der Waals surface area (Å²) in [5.74, 6) is 0.878. The van der Waals surface area contributed by atoms with Gasteiger partial charge in [0.15, 0.2) is 0 Å². The SMILES string of the molecule is Cc1noc(C)c1C(=O)N1CCC(Cn2nc(C(C)(C)C)ccc2=O)CC1. The van der Waals surface area contributed by atoms with Gasteiger partial charge < -0.3 is 9.42 Å². The van der Waals surface area contributed by atoms with Crippen molar-refractivity contribution in [3.63, 3.8) is 0 Å². The molecule has 1 aliphatic rings. The van der Waals surface area contributed by atoms with Crippen LogP contribution in [0, 0.1) is 19.8 Å². The summed E-state index contributed by atoms with van der Waals surface area (Å²) in [7, 11) is 0. The Labute approximate surface area is 159 Å². The van der Waals surface area contributed by atoms with E-state index in [1.165, 1.54) is 0 Å². The average Bonchev–Trinajstić information content (AvgIpc) is 2.94. The Hall–Kier alpha value is -2.44. The molecule has 0 N–H and O–H groups in total. The second-order valence-electron chi connectivity index (χ2n) is 8.42. The van der Waals surface area contributed by atoms with Gasteiger partial charge in [0, 0.05) is 31.1 Å². The van der Waals surface area contributed by atoms with E-state index < -0.39 is 0 Å². The maximum atomic E-state index is 12.7. The molecule has 7 nitrogen and oxygen atoms in total. The molecule has 2 aromatic heterocycles. The molecule has 0 atom stereocenters. The van der Waals surface area contributed by atoms with Crippen molar-refractivity contribution in [1.29, 1.82) is 0 Å². The molecule has 1 fully saturated rings. The minimum Gasteiger partial charge on any atom is -0.361 e. The van der Waals surface area contributed by atoms with E-state index in [2.05, 4.69) is 31.0 Å². The summed E-state index contributed by atoms with van der Waals surface area (Å²) in [4.78, 5) is 26.8. The Morgan fingerprint density at radius 2 is 1.89 bits per heavy atom. The molecule has 0 spiro atoms. The second-order valence-corrected chi connectivity index (χ2v) is 8.42. The lowest BCUT2D eigenvalue weighted by Crippen LogP contribution is -2.40. The highest BCUT2D eigenvalue weighted by molar-refractivity contribution is 5.96. The number of likely N-dealkylation sites (tertiary alicyclic amines) is 1. The molecular formula is C20H28N4O3. The number of hydrogen-bond donors (Lipinski definition) is 0. The highest BCUT2D eigenvalue weighted by Crippen LogP contribution is 2.23. The van der Waals surface area contributed by atoms with E-state index in [0.29, 0.717) is 42.6 Å². The van der Waals surface area contributed by atoms with Gasteiger partial charge in [-0.05, 0) is 38.7 Å². The zero-order chi connectivity index (χ0) is 19.8. The zero-order valence-electron chi connectivity index (χ0n) is 16.8. The van der Waals surface area contributed by atoms with E-state index in [9.17, 15) is 9.59 Å². The molecule has 0 aliphatic carbocycles. The van der Waals surface area contributed by atoms with Crippen molar-refractivity contribution in [2.75, 3.05) is 13.1 Å². The van der Waals surface area contributed by atoms with Crippen molar-refractivity contribution in [1.82, 2.24) is 19.8 Å². The smallest absolute Gasteiger partial charge is 0.266 e. The summed E-state index contributed by atoms with van der Waals surface area (Å²) < 4.78 is 6.70. The first kappa shape index (κ1) is 19.3. The molecule has 3 heterocycles. The van der Waals surface area contributed by atoms with E-state index in [1.807, 2.05) is 11.0 Å². The van der Waals surface area contributed by atoms with E-state index in [4.69, 9.17) is 4.52 Å². The summed E-state index contributed by atoms with van der Waals surface area (Å²) in [5, 5.41) is 8.43. The number of carbonyl (C=O) groups is 1. The van der Waals surface area contributed by atoms with Gasteiger partial charge in [0.1, 0.15) is 11.3 Å². The topological polar surface area (TPSA) is 81.2 Å². The fourth-order valence-corrected chi connectivity index (χ4v) is 3.49. The number of aromatic nitrogens is 3. The van der Waals surface area contributed by atoms with Crippen LogP contribution in [0.2, 0.25) is 0 Å². The molecule has 0 bridgehead atoms. The van der Waals surface area contributed by atoms with Gasteiger partial charge in [-0.2, -0.15) is 5.10 Å². The number of amides is 1. The maximum absolute atomic E-state index is 12.7. The Balaban J connectivity index is 1.65. The third-order valence-corrected chi connectivity index (χ3v) is 5.22. The average molecular weight is 372 g/mol. The number of hydrogen-bond acceptors (Lipinski definition) is 5. The molecule has 0 aromatic carbocycles. The van der Waals surface area contributed by atoms with Crippen molar-refractivity contribution in [3.8, 4) is 0 Å². The summed E-state index contributed by atoms with van der Waals surface area (Å²) >= 11 is 0. The lowest BCUT2D eigenvalue weighted by Gasteiger charge is -2.32. The molecule has 146 valence electrons. The third kappa shape index (κ3) is 4.12. The van der Waals surface area contributed by atoms with Gasteiger partial charge >= 0.3 is 0 Å². The number of nitrogens with zero attached hydrogens (tertiary/aromatic N) is 4. The van der Waals surface area contributed by atoms with Gasteiger partial charge in [-0.25, -0.2) is 4.68 Å². The highest BCUT2D eigenvalue weighted by atomic mass is 16.5. The van der Waals surface area contributed by atoms with Gasteiger partial charge in [-0.15, -0.1) is 0 Å². The Kier molecular flexibility index (Phi) is 5.22. The minimum absolute atomic E-state index is 0.0188. The van der Waals surface area contributed by atoms with Crippen LogP contribution in [-0.4, -0.2) is 38.8 Å². The lowest BCUT2D eigenvalue weighted by molar-refractivity contribution is 0.0678. The van der Waals surface area contributed by atoms with Crippen LogP contribution in [0.15, 0.2) is 21.5 Å². The number of rotatable bonds is 3. The monoisotopic (exact) mass is 372 g/mol. The summed E-state index contributed by atoms with van der Waals surface area (Å²) in [6, 6.07) is 3.41. The van der Waals surface area contributed by atoms with Crippen molar-refractivity contribution < 1.29 is 9.32 Å². The van der Waals surface area contributed by atoms with E-state index in [1.54, 1.807) is 24.6 Å². The van der Waals surface area contributed by atoms with Crippen LogP contribution in [0.1, 0.15) is 61.1 Å². The van der Waals surface area contributed by atoms with Crippen LogP contribution in [0.5, 0.6) is 0 Å².